The summed E-state index contributed by atoms with van der Waals surface area (Å²) < 4.78 is 0. The molecule has 0 unspecified atom stereocenters. The lowest BCUT2D eigenvalue weighted by Crippen LogP contribution is -2.68. The molecule has 0 bridgehead atoms. The molecular formula is C41H62N2O2. The van der Waals surface area contributed by atoms with Crippen molar-refractivity contribution in [2.75, 3.05) is 27.2 Å². The van der Waals surface area contributed by atoms with E-state index in [-0.39, 0.29) is 16.4 Å². The minimum Gasteiger partial charge on any atom is -0.478 e. The number of fused-ring (bicyclic) bond motifs is 7. The van der Waals surface area contributed by atoms with E-state index in [1.54, 1.807) is 12.1 Å². The second-order valence-corrected chi connectivity index (χ2v) is 17.9. The fraction of sp³-hybridized carbons (Fsp3) is 0.732. The number of benzene rings is 1. The molecule has 1 aromatic carbocycles. The van der Waals surface area contributed by atoms with E-state index in [0.717, 1.165) is 31.3 Å². The van der Waals surface area contributed by atoms with E-state index in [1.807, 2.05) is 12.1 Å². The Balaban J connectivity index is 1.31. The molecular weight excluding hydrogens is 552 g/mol. The second kappa shape index (κ2) is 11.4. The van der Waals surface area contributed by atoms with Crippen LogP contribution in [0.15, 0.2) is 42.5 Å². The third-order valence-electron chi connectivity index (χ3n) is 15.3. The van der Waals surface area contributed by atoms with Gasteiger partial charge in [0.1, 0.15) is 0 Å². The van der Waals surface area contributed by atoms with Gasteiger partial charge in [0, 0.05) is 5.54 Å². The molecule has 0 radical (unpaired) electrons. The van der Waals surface area contributed by atoms with Gasteiger partial charge in [0.05, 0.1) is 5.56 Å². The number of carbonyl (C=O) groups is 1. The van der Waals surface area contributed by atoms with Crippen molar-refractivity contribution in [1.82, 2.24) is 10.2 Å². The lowest BCUT2D eigenvalue weighted by atomic mass is 9.33. The van der Waals surface area contributed by atoms with E-state index in [0.29, 0.717) is 34.1 Å². The maximum atomic E-state index is 11.5. The van der Waals surface area contributed by atoms with Crippen LogP contribution in [0.3, 0.4) is 0 Å². The molecule has 4 saturated carbocycles. The van der Waals surface area contributed by atoms with Crippen LogP contribution in [0.5, 0.6) is 0 Å². The van der Waals surface area contributed by atoms with Gasteiger partial charge in [-0.2, -0.15) is 0 Å². The van der Waals surface area contributed by atoms with Crippen molar-refractivity contribution in [3.63, 3.8) is 0 Å². The lowest BCUT2D eigenvalue weighted by Gasteiger charge is -2.72. The standard InChI is InChI=1S/C41H62N2O2/c1-27(2)30-17-22-41(42-25-10-26-43(8)9)24-23-39(6)32(35(30)41)15-16-34-38(5)20-18-31(28-11-13-29(14-12-28)36(44)45)37(3,4)33(38)19-21-40(34,39)7/h11-14,18,30,32-35,42H,1,10,15-17,19-26H2,2-9H3,(H,44,45)/t30-,32+,33-,34+,35+,38-,39+,40+,41-/m0/s1. The molecule has 0 heterocycles. The largest absolute Gasteiger partial charge is 0.478 e. The molecule has 45 heavy (non-hydrogen) atoms. The van der Waals surface area contributed by atoms with Crippen LogP contribution in [0.2, 0.25) is 0 Å². The predicted molar refractivity (Wildman–Crippen MR) is 187 cm³/mol. The van der Waals surface area contributed by atoms with Crippen LogP contribution in [0.1, 0.15) is 122 Å². The summed E-state index contributed by atoms with van der Waals surface area (Å²) in [5, 5.41) is 13.7. The maximum Gasteiger partial charge on any atom is 0.335 e. The van der Waals surface area contributed by atoms with Crippen LogP contribution in [0.25, 0.3) is 5.57 Å². The van der Waals surface area contributed by atoms with Gasteiger partial charge in [0.15, 0.2) is 0 Å². The summed E-state index contributed by atoms with van der Waals surface area (Å²) in [5.41, 5.74) is 5.70. The highest BCUT2D eigenvalue weighted by atomic mass is 16.4. The maximum absolute atomic E-state index is 11.5. The molecule has 0 aromatic heterocycles. The van der Waals surface area contributed by atoms with Crippen LogP contribution < -0.4 is 5.32 Å². The summed E-state index contributed by atoms with van der Waals surface area (Å²) in [7, 11) is 4.38. The van der Waals surface area contributed by atoms with Gasteiger partial charge in [-0.15, -0.1) is 0 Å². The zero-order valence-corrected chi connectivity index (χ0v) is 29.8. The Hall–Kier alpha value is -1.91. The fourth-order valence-electron chi connectivity index (χ4n) is 13.1. The first-order chi connectivity index (χ1) is 21.1. The van der Waals surface area contributed by atoms with Crippen LogP contribution in [0, 0.1) is 51.2 Å². The summed E-state index contributed by atoms with van der Waals surface area (Å²) >= 11 is 0. The average molecular weight is 615 g/mol. The number of nitrogens with one attached hydrogen (secondary N) is 1. The summed E-state index contributed by atoms with van der Waals surface area (Å²) in [4.78, 5) is 13.8. The Labute approximate surface area is 274 Å². The number of allylic oxidation sites excluding steroid dienone is 3. The van der Waals surface area contributed by atoms with Crippen molar-refractivity contribution in [3.8, 4) is 0 Å². The van der Waals surface area contributed by atoms with Gasteiger partial charge in [0.2, 0.25) is 0 Å². The molecule has 5 aliphatic rings. The zero-order chi connectivity index (χ0) is 32.6. The summed E-state index contributed by atoms with van der Waals surface area (Å²) in [6, 6.07) is 7.65. The molecule has 5 aliphatic carbocycles. The van der Waals surface area contributed by atoms with E-state index >= 15 is 0 Å². The number of hydrogen-bond donors (Lipinski definition) is 2. The second-order valence-electron chi connectivity index (χ2n) is 17.9. The SMILES string of the molecule is C=C(C)[C@@H]1CC[C@]2(NCCCN(C)C)CC[C@]3(C)[C@H](CC[C@@H]4[C@@]5(C)CC=C(c6ccc(C(=O)O)cc6)C(C)(C)[C@@H]5CC[C@]43C)[C@@H]12. The molecule has 4 nitrogen and oxygen atoms in total. The van der Waals surface area contributed by atoms with Gasteiger partial charge in [0.25, 0.3) is 0 Å². The third-order valence-corrected chi connectivity index (χ3v) is 15.3. The number of hydrogen-bond acceptors (Lipinski definition) is 3. The van der Waals surface area contributed by atoms with Crippen LogP contribution >= 0.6 is 0 Å². The molecule has 4 fully saturated rings. The molecule has 248 valence electrons. The number of nitrogens with zero attached hydrogens (tertiary/aromatic N) is 1. The van der Waals surface area contributed by atoms with E-state index in [4.69, 9.17) is 0 Å². The minimum absolute atomic E-state index is 0.0471. The molecule has 6 rings (SSSR count). The minimum atomic E-state index is -0.853. The average Bonchev–Trinajstić information content (AvgIpc) is 3.36. The van der Waals surface area contributed by atoms with Gasteiger partial charge < -0.3 is 15.3 Å². The van der Waals surface area contributed by atoms with E-state index in [9.17, 15) is 9.90 Å². The Kier molecular flexibility index (Phi) is 8.33. The normalized spacial score (nSPS) is 41.8. The molecule has 2 N–H and O–H groups in total. The molecule has 0 aliphatic heterocycles. The molecule has 1 aromatic rings. The molecule has 9 atom stereocenters. The van der Waals surface area contributed by atoms with Crippen molar-refractivity contribution >= 4 is 11.5 Å². The number of carboxylic acid groups (broad SMARTS) is 1. The van der Waals surface area contributed by atoms with Crippen molar-refractivity contribution in [2.24, 2.45) is 51.2 Å². The number of rotatable bonds is 8. The monoisotopic (exact) mass is 614 g/mol. The van der Waals surface area contributed by atoms with Gasteiger partial charge >= 0.3 is 5.97 Å². The molecule has 0 saturated heterocycles. The topological polar surface area (TPSA) is 52.6 Å². The van der Waals surface area contributed by atoms with Crippen molar-refractivity contribution in [2.45, 2.75) is 111 Å². The van der Waals surface area contributed by atoms with Crippen LogP contribution in [-0.2, 0) is 0 Å². The quantitative estimate of drug-likeness (QED) is 0.226. The molecule has 0 amide bonds. The van der Waals surface area contributed by atoms with Crippen molar-refractivity contribution < 1.29 is 9.90 Å². The van der Waals surface area contributed by atoms with Gasteiger partial charge in [-0.05, 0) is 173 Å². The van der Waals surface area contributed by atoms with Gasteiger partial charge in [-0.1, -0.05) is 65.0 Å². The summed E-state index contributed by atoms with van der Waals surface area (Å²) in [5.74, 6) is 2.61. The van der Waals surface area contributed by atoms with Gasteiger partial charge in [-0.25, -0.2) is 4.79 Å². The van der Waals surface area contributed by atoms with Gasteiger partial charge in [-0.3, -0.25) is 0 Å². The van der Waals surface area contributed by atoms with E-state index in [2.05, 4.69) is 78.5 Å². The first-order valence-electron chi connectivity index (χ1n) is 18.2. The Morgan fingerprint density at radius 2 is 1.64 bits per heavy atom. The lowest BCUT2D eigenvalue weighted by molar-refractivity contribution is -0.219. The van der Waals surface area contributed by atoms with Crippen LogP contribution in [-0.4, -0.2) is 48.7 Å². The molecule has 0 spiro atoms. The number of carboxylic acids is 1. The highest BCUT2D eigenvalue weighted by Crippen LogP contribution is 2.76. The van der Waals surface area contributed by atoms with Crippen molar-refractivity contribution in [3.05, 3.63) is 53.6 Å². The Bertz CT molecular complexity index is 1340. The Morgan fingerprint density at radius 3 is 2.29 bits per heavy atom. The highest BCUT2D eigenvalue weighted by molar-refractivity contribution is 5.88. The number of aromatic carboxylic acids is 1. The van der Waals surface area contributed by atoms with E-state index in [1.165, 1.54) is 74.5 Å². The van der Waals surface area contributed by atoms with E-state index < -0.39 is 5.97 Å². The van der Waals surface area contributed by atoms with Crippen molar-refractivity contribution in [1.29, 1.82) is 0 Å². The molecule has 4 heteroatoms. The first kappa shape index (κ1) is 33.0. The third kappa shape index (κ3) is 4.93. The predicted octanol–water partition coefficient (Wildman–Crippen LogP) is 9.33. The highest BCUT2D eigenvalue weighted by Gasteiger charge is 2.70. The fourth-order valence-corrected chi connectivity index (χ4v) is 13.1. The summed E-state index contributed by atoms with van der Waals surface area (Å²) in [6.45, 7) is 22.3. The Morgan fingerprint density at radius 1 is 0.933 bits per heavy atom. The zero-order valence-electron chi connectivity index (χ0n) is 29.8. The summed E-state index contributed by atoms with van der Waals surface area (Å²) in [6.07, 6.45) is 15.5. The van der Waals surface area contributed by atoms with Crippen LogP contribution in [0.4, 0.5) is 0 Å². The first-order valence-corrected chi connectivity index (χ1v) is 18.2. The smallest absolute Gasteiger partial charge is 0.335 e.